The van der Waals surface area contributed by atoms with Gasteiger partial charge in [0.2, 0.25) is 0 Å². The molecule has 98 valence electrons. The first-order valence-electron chi connectivity index (χ1n) is 6.87. The van der Waals surface area contributed by atoms with Gasteiger partial charge in [-0.15, -0.1) is 0 Å². The third-order valence-electron chi connectivity index (χ3n) is 3.83. The highest BCUT2D eigenvalue weighted by Gasteiger charge is 2.33. The fraction of sp³-hybridized carbons (Fsp3) is 0.562. The van der Waals surface area contributed by atoms with E-state index in [1.54, 1.807) is 0 Å². The van der Waals surface area contributed by atoms with Crippen molar-refractivity contribution in [3.63, 3.8) is 0 Å². The zero-order valence-electron chi connectivity index (χ0n) is 11.3. The number of hydrogen-bond donors (Lipinski definition) is 0. The van der Waals surface area contributed by atoms with E-state index in [0.717, 1.165) is 18.4 Å². The first-order valence-corrected chi connectivity index (χ1v) is 6.87. The van der Waals surface area contributed by atoms with E-state index >= 15 is 0 Å². The molecule has 0 atom stereocenters. The molecule has 0 radical (unpaired) electrons. The SMILES string of the molecule is CC(C)(C(=O)OC1CCCCC1)c1ccccc1. The normalized spacial score (nSPS) is 17.4. The van der Waals surface area contributed by atoms with Gasteiger partial charge in [0.25, 0.3) is 0 Å². The van der Waals surface area contributed by atoms with E-state index in [1.165, 1.54) is 19.3 Å². The topological polar surface area (TPSA) is 26.3 Å². The molecule has 2 heteroatoms. The van der Waals surface area contributed by atoms with E-state index in [9.17, 15) is 4.79 Å². The molecule has 0 aromatic heterocycles. The highest BCUT2D eigenvalue weighted by Crippen LogP contribution is 2.28. The summed E-state index contributed by atoms with van der Waals surface area (Å²) in [6.45, 7) is 3.88. The molecule has 0 aliphatic heterocycles. The van der Waals surface area contributed by atoms with Gasteiger partial charge in [-0.05, 0) is 45.1 Å². The van der Waals surface area contributed by atoms with Crippen molar-refractivity contribution in [2.24, 2.45) is 0 Å². The minimum Gasteiger partial charge on any atom is -0.462 e. The van der Waals surface area contributed by atoms with Crippen LogP contribution in [-0.4, -0.2) is 12.1 Å². The van der Waals surface area contributed by atoms with Crippen molar-refractivity contribution in [3.05, 3.63) is 35.9 Å². The Bertz CT molecular complexity index is 389. The summed E-state index contributed by atoms with van der Waals surface area (Å²) in [6, 6.07) is 9.87. The van der Waals surface area contributed by atoms with Gasteiger partial charge in [-0.25, -0.2) is 0 Å². The zero-order chi connectivity index (χ0) is 13.0. The molecule has 0 spiro atoms. The minimum absolute atomic E-state index is 0.0967. The van der Waals surface area contributed by atoms with Crippen molar-refractivity contribution in [1.29, 1.82) is 0 Å². The van der Waals surface area contributed by atoms with Crippen molar-refractivity contribution in [3.8, 4) is 0 Å². The van der Waals surface area contributed by atoms with Crippen molar-refractivity contribution in [2.75, 3.05) is 0 Å². The smallest absolute Gasteiger partial charge is 0.316 e. The highest BCUT2D eigenvalue weighted by molar-refractivity contribution is 5.82. The number of carbonyl (C=O) groups excluding carboxylic acids is 1. The Balaban J connectivity index is 2.03. The van der Waals surface area contributed by atoms with Crippen LogP contribution in [0.1, 0.15) is 51.5 Å². The second-order valence-corrected chi connectivity index (χ2v) is 5.66. The fourth-order valence-corrected chi connectivity index (χ4v) is 2.45. The largest absolute Gasteiger partial charge is 0.462 e. The lowest BCUT2D eigenvalue weighted by atomic mass is 9.84. The van der Waals surface area contributed by atoms with Gasteiger partial charge in [0.05, 0.1) is 5.41 Å². The predicted molar refractivity (Wildman–Crippen MR) is 72.4 cm³/mol. The summed E-state index contributed by atoms with van der Waals surface area (Å²) >= 11 is 0. The van der Waals surface area contributed by atoms with Crippen LogP contribution in [0.5, 0.6) is 0 Å². The molecular weight excluding hydrogens is 224 g/mol. The maximum atomic E-state index is 12.3. The molecule has 0 N–H and O–H groups in total. The van der Waals surface area contributed by atoms with E-state index in [2.05, 4.69) is 0 Å². The number of benzene rings is 1. The average Bonchev–Trinajstić information content (AvgIpc) is 2.41. The van der Waals surface area contributed by atoms with Gasteiger partial charge in [0, 0.05) is 0 Å². The molecule has 2 nitrogen and oxygen atoms in total. The van der Waals surface area contributed by atoms with Gasteiger partial charge in [0.15, 0.2) is 0 Å². The Kier molecular flexibility index (Phi) is 4.05. The summed E-state index contributed by atoms with van der Waals surface area (Å²) < 4.78 is 5.67. The Labute approximate surface area is 109 Å². The van der Waals surface area contributed by atoms with E-state index in [-0.39, 0.29) is 12.1 Å². The molecule has 1 aliphatic carbocycles. The quantitative estimate of drug-likeness (QED) is 0.757. The number of ether oxygens (including phenoxy) is 1. The highest BCUT2D eigenvalue weighted by atomic mass is 16.5. The maximum Gasteiger partial charge on any atom is 0.316 e. The van der Waals surface area contributed by atoms with Crippen LogP contribution in [-0.2, 0) is 14.9 Å². The van der Waals surface area contributed by atoms with E-state index in [1.807, 2.05) is 44.2 Å². The Morgan fingerprint density at radius 3 is 2.33 bits per heavy atom. The van der Waals surface area contributed by atoms with Gasteiger partial charge in [-0.2, -0.15) is 0 Å². The molecular formula is C16H22O2. The molecule has 18 heavy (non-hydrogen) atoms. The lowest BCUT2D eigenvalue weighted by molar-refractivity contribution is -0.156. The van der Waals surface area contributed by atoms with Gasteiger partial charge in [-0.3, -0.25) is 4.79 Å². The van der Waals surface area contributed by atoms with Crippen molar-refractivity contribution >= 4 is 5.97 Å². The molecule has 1 aliphatic rings. The summed E-state index contributed by atoms with van der Waals surface area (Å²) in [5, 5.41) is 0. The Morgan fingerprint density at radius 1 is 1.11 bits per heavy atom. The Hall–Kier alpha value is -1.31. The standard InChI is InChI=1S/C16H22O2/c1-16(2,13-9-5-3-6-10-13)15(17)18-14-11-7-4-8-12-14/h3,5-6,9-10,14H,4,7-8,11-12H2,1-2H3. The molecule has 1 saturated carbocycles. The zero-order valence-corrected chi connectivity index (χ0v) is 11.3. The van der Waals surface area contributed by atoms with Gasteiger partial charge >= 0.3 is 5.97 Å². The van der Waals surface area contributed by atoms with E-state index in [4.69, 9.17) is 4.74 Å². The van der Waals surface area contributed by atoms with Crippen LogP contribution < -0.4 is 0 Å². The van der Waals surface area contributed by atoms with E-state index < -0.39 is 5.41 Å². The van der Waals surface area contributed by atoms with Crippen LogP contribution >= 0.6 is 0 Å². The summed E-state index contributed by atoms with van der Waals surface area (Å²) in [7, 11) is 0. The van der Waals surface area contributed by atoms with Crippen LogP contribution in [0.3, 0.4) is 0 Å². The molecule has 2 rings (SSSR count). The minimum atomic E-state index is -0.557. The molecule has 0 bridgehead atoms. The molecule has 1 aromatic rings. The van der Waals surface area contributed by atoms with Gasteiger partial charge in [0.1, 0.15) is 6.10 Å². The van der Waals surface area contributed by atoms with E-state index in [0.29, 0.717) is 0 Å². The summed E-state index contributed by atoms with van der Waals surface area (Å²) in [6.07, 6.45) is 5.82. The third-order valence-corrected chi connectivity index (χ3v) is 3.83. The summed E-state index contributed by atoms with van der Waals surface area (Å²) in [5.74, 6) is -0.0967. The summed E-state index contributed by atoms with van der Waals surface area (Å²) in [5.41, 5.74) is 0.462. The number of rotatable bonds is 3. The van der Waals surface area contributed by atoms with Crippen LogP contribution in [0, 0.1) is 0 Å². The molecule has 0 unspecified atom stereocenters. The second kappa shape index (κ2) is 5.55. The van der Waals surface area contributed by atoms with Gasteiger partial charge in [-0.1, -0.05) is 36.8 Å². The van der Waals surface area contributed by atoms with Crippen LogP contribution in [0.15, 0.2) is 30.3 Å². The first kappa shape index (κ1) is 13.1. The first-order chi connectivity index (χ1) is 8.60. The third kappa shape index (κ3) is 2.92. The lowest BCUT2D eigenvalue weighted by Gasteiger charge is -2.28. The van der Waals surface area contributed by atoms with Crippen molar-refractivity contribution in [1.82, 2.24) is 0 Å². The number of hydrogen-bond acceptors (Lipinski definition) is 2. The van der Waals surface area contributed by atoms with Crippen LogP contribution in [0.4, 0.5) is 0 Å². The predicted octanol–water partition coefficient (Wildman–Crippen LogP) is 3.84. The molecule has 1 fully saturated rings. The van der Waals surface area contributed by atoms with Crippen LogP contribution in [0.25, 0.3) is 0 Å². The Morgan fingerprint density at radius 2 is 1.72 bits per heavy atom. The molecule has 0 heterocycles. The monoisotopic (exact) mass is 246 g/mol. The lowest BCUT2D eigenvalue weighted by Crippen LogP contribution is -2.34. The second-order valence-electron chi connectivity index (χ2n) is 5.66. The number of esters is 1. The molecule has 0 saturated heterocycles. The van der Waals surface area contributed by atoms with Crippen molar-refractivity contribution in [2.45, 2.75) is 57.5 Å². The molecule has 1 aromatic carbocycles. The maximum absolute atomic E-state index is 12.3. The average molecular weight is 246 g/mol. The fourth-order valence-electron chi connectivity index (χ4n) is 2.45. The summed E-state index contributed by atoms with van der Waals surface area (Å²) in [4.78, 5) is 12.3. The van der Waals surface area contributed by atoms with Crippen molar-refractivity contribution < 1.29 is 9.53 Å². The molecule has 0 amide bonds. The van der Waals surface area contributed by atoms with Crippen LogP contribution in [0.2, 0.25) is 0 Å². The number of carbonyl (C=O) groups is 1. The van der Waals surface area contributed by atoms with Gasteiger partial charge < -0.3 is 4.74 Å².